The minimum atomic E-state index is -0.228. The van der Waals surface area contributed by atoms with Crippen molar-refractivity contribution in [2.45, 2.75) is 20.3 Å². The van der Waals surface area contributed by atoms with Crippen LogP contribution in [0.5, 0.6) is 0 Å². The minimum Gasteiger partial charge on any atom is -0.351 e. The van der Waals surface area contributed by atoms with Gasteiger partial charge in [-0.25, -0.2) is 5.43 Å². The van der Waals surface area contributed by atoms with Crippen LogP contribution >= 0.6 is 15.9 Å². The molecule has 2 N–H and O–H groups in total. The van der Waals surface area contributed by atoms with E-state index in [1.54, 1.807) is 32.0 Å². The van der Waals surface area contributed by atoms with Gasteiger partial charge in [0, 0.05) is 23.1 Å². The zero-order valence-electron chi connectivity index (χ0n) is 10.9. The molecule has 0 aliphatic rings. The third-order valence-corrected chi connectivity index (χ3v) is 2.85. The normalized spacial score (nSPS) is 9.63. The molecule has 5 nitrogen and oxygen atoms in total. The van der Waals surface area contributed by atoms with Crippen molar-refractivity contribution in [3.05, 3.63) is 34.3 Å². The fraction of sp³-hybridized carbons (Fsp3) is 0.308. The van der Waals surface area contributed by atoms with Gasteiger partial charge in [-0.05, 0) is 41.9 Å². The number of carbonyl (C=O) groups excluding carboxylic acids is 2. The summed E-state index contributed by atoms with van der Waals surface area (Å²) in [6.45, 7) is 3.84. The Kier molecular flexibility index (Phi) is 6.21. The summed E-state index contributed by atoms with van der Waals surface area (Å²) in [6.07, 6.45) is 0.187. The highest BCUT2D eigenvalue weighted by atomic mass is 79.9. The summed E-state index contributed by atoms with van der Waals surface area (Å²) >= 11 is 3.30. The molecule has 102 valence electrons. The van der Waals surface area contributed by atoms with E-state index in [1.165, 1.54) is 0 Å². The van der Waals surface area contributed by atoms with Crippen LogP contribution in [0, 0.1) is 0 Å². The lowest BCUT2D eigenvalue weighted by Gasteiger charge is -2.06. The number of hydrazone groups is 1. The van der Waals surface area contributed by atoms with Crippen LogP contribution in [-0.4, -0.2) is 24.1 Å². The molecule has 0 bridgehead atoms. The SMILES string of the molecule is CC(C)=NNC(=O)CCNC(=O)c1ccccc1Br. The van der Waals surface area contributed by atoms with E-state index in [0.717, 1.165) is 10.2 Å². The number of hydrogen-bond acceptors (Lipinski definition) is 3. The van der Waals surface area contributed by atoms with E-state index < -0.39 is 0 Å². The summed E-state index contributed by atoms with van der Waals surface area (Å²) in [7, 11) is 0. The third kappa shape index (κ3) is 5.65. The average Bonchev–Trinajstić information content (AvgIpc) is 2.36. The molecule has 6 heteroatoms. The molecule has 1 rings (SSSR count). The predicted molar refractivity (Wildman–Crippen MR) is 78.0 cm³/mol. The lowest BCUT2D eigenvalue weighted by Crippen LogP contribution is -2.29. The van der Waals surface area contributed by atoms with Gasteiger partial charge >= 0.3 is 0 Å². The van der Waals surface area contributed by atoms with E-state index in [9.17, 15) is 9.59 Å². The summed E-state index contributed by atoms with van der Waals surface area (Å²) in [4.78, 5) is 23.2. The lowest BCUT2D eigenvalue weighted by atomic mass is 10.2. The third-order valence-electron chi connectivity index (χ3n) is 2.16. The molecule has 0 aliphatic carbocycles. The Morgan fingerprint density at radius 3 is 2.58 bits per heavy atom. The highest BCUT2D eigenvalue weighted by Crippen LogP contribution is 2.15. The summed E-state index contributed by atoms with van der Waals surface area (Å²) in [5, 5.41) is 6.47. The molecule has 1 aromatic carbocycles. The second-order valence-electron chi connectivity index (χ2n) is 4.08. The molecule has 0 fully saturated rings. The van der Waals surface area contributed by atoms with Crippen molar-refractivity contribution in [1.29, 1.82) is 0 Å². The maximum atomic E-state index is 11.8. The van der Waals surface area contributed by atoms with Gasteiger partial charge in [0.1, 0.15) is 0 Å². The van der Waals surface area contributed by atoms with Gasteiger partial charge in [-0.3, -0.25) is 9.59 Å². The van der Waals surface area contributed by atoms with Gasteiger partial charge in [0.15, 0.2) is 0 Å². The molecule has 0 aliphatic heterocycles. The van der Waals surface area contributed by atoms with Crippen molar-refractivity contribution in [3.8, 4) is 0 Å². The van der Waals surface area contributed by atoms with Gasteiger partial charge in [0.2, 0.25) is 5.91 Å². The molecule has 1 aromatic rings. The number of amides is 2. The summed E-state index contributed by atoms with van der Waals surface area (Å²) in [5.74, 6) is -0.441. The molecule has 0 radical (unpaired) electrons. The standard InChI is InChI=1S/C13H16BrN3O2/c1-9(2)16-17-12(18)7-8-15-13(19)10-5-3-4-6-11(10)14/h3-6H,7-8H2,1-2H3,(H,15,19)(H,17,18). The summed E-state index contributed by atoms with van der Waals surface area (Å²) in [5.41, 5.74) is 3.71. The molecular formula is C13H16BrN3O2. The van der Waals surface area contributed by atoms with Crippen LogP contribution in [0.4, 0.5) is 0 Å². The average molecular weight is 326 g/mol. The maximum Gasteiger partial charge on any atom is 0.252 e. The zero-order valence-corrected chi connectivity index (χ0v) is 12.5. The minimum absolute atomic E-state index is 0.187. The van der Waals surface area contributed by atoms with Gasteiger partial charge in [-0.1, -0.05) is 12.1 Å². The van der Waals surface area contributed by atoms with E-state index in [1.807, 2.05) is 6.07 Å². The molecule has 0 saturated carbocycles. The lowest BCUT2D eigenvalue weighted by molar-refractivity contribution is -0.120. The maximum absolute atomic E-state index is 11.8. The molecule has 0 unspecified atom stereocenters. The number of nitrogens with zero attached hydrogens (tertiary/aromatic N) is 1. The van der Waals surface area contributed by atoms with Gasteiger partial charge in [-0.15, -0.1) is 0 Å². The number of nitrogens with one attached hydrogen (secondary N) is 2. The molecule has 0 aromatic heterocycles. The Bertz CT molecular complexity index is 496. The van der Waals surface area contributed by atoms with E-state index >= 15 is 0 Å². The van der Waals surface area contributed by atoms with E-state index in [4.69, 9.17) is 0 Å². The molecule has 19 heavy (non-hydrogen) atoms. The Balaban J connectivity index is 2.38. The monoisotopic (exact) mass is 325 g/mol. The number of hydrogen-bond donors (Lipinski definition) is 2. The number of rotatable bonds is 5. The van der Waals surface area contributed by atoms with Crippen molar-refractivity contribution in [1.82, 2.24) is 10.7 Å². The fourth-order valence-corrected chi connectivity index (χ4v) is 1.73. The largest absolute Gasteiger partial charge is 0.351 e. The highest BCUT2D eigenvalue weighted by molar-refractivity contribution is 9.10. The first-order valence-corrected chi connectivity index (χ1v) is 6.62. The zero-order chi connectivity index (χ0) is 14.3. The van der Waals surface area contributed by atoms with E-state index in [0.29, 0.717) is 5.56 Å². The number of benzene rings is 1. The van der Waals surface area contributed by atoms with Crippen LogP contribution < -0.4 is 10.7 Å². The van der Waals surface area contributed by atoms with Crippen LogP contribution in [-0.2, 0) is 4.79 Å². The van der Waals surface area contributed by atoms with Crippen LogP contribution in [0.1, 0.15) is 30.6 Å². The van der Waals surface area contributed by atoms with Crippen LogP contribution in [0.25, 0.3) is 0 Å². The molecule has 2 amide bonds. The highest BCUT2D eigenvalue weighted by Gasteiger charge is 2.09. The molecule has 0 spiro atoms. The molecule has 0 atom stereocenters. The van der Waals surface area contributed by atoms with Crippen molar-refractivity contribution >= 4 is 33.5 Å². The Morgan fingerprint density at radius 2 is 1.95 bits per heavy atom. The Morgan fingerprint density at radius 1 is 1.26 bits per heavy atom. The van der Waals surface area contributed by atoms with Crippen LogP contribution in [0.3, 0.4) is 0 Å². The quantitative estimate of drug-likeness (QED) is 0.642. The van der Waals surface area contributed by atoms with Crippen molar-refractivity contribution < 1.29 is 9.59 Å². The van der Waals surface area contributed by atoms with E-state index in [2.05, 4.69) is 31.8 Å². The second-order valence-corrected chi connectivity index (χ2v) is 4.93. The first-order valence-electron chi connectivity index (χ1n) is 5.83. The van der Waals surface area contributed by atoms with Crippen LogP contribution in [0.2, 0.25) is 0 Å². The second kappa shape index (κ2) is 7.68. The number of halogens is 1. The van der Waals surface area contributed by atoms with Gasteiger partial charge < -0.3 is 5.32 Å². The van der Waals surface area contributed by atoms with Crippen molar-refractivity contribution in [2.75, 3.05) is 6.54 Å². The van der Waals surface area contributed by atoms with Gasteiger partial charge in [0.25, 0.3) is 5.91 Å². The van der Waals surface area contributed by atoms with Crippen molar-refractivity contribution in [3.63, 3.8) is 0 Å². The Labute approximate surface area is 120 Å². The van der Waals surface area contributed by atoms with E-state index in [-0.39, 0.29) is 24.8 Å². The summed E-state index contributed by atoms with van der Waals surface area (Å²) in [6, 6.07) is 7.12. The molecule has 0 heterocycles. The first kappa shape index (κ1) is 15.4. The predicted octanol–water partition coefficient (Wildman–Crippen LogP) is 2.08. The van der Waals surface area contributed by atoms with Crippen molar-refractivity contribution in [2.24, 2.45) is 5.10 Å². The first-order chi connectivity index (χ1) is 9.00. The van der Waals surface area contributed by atoms with Gasteiger partial charge in [-0.2, -0.15) is 5.10 Å². The molecular weight excluding hydrogens is 310 g/mol. The topological polar surface area (TPSA) is 70.6 Å². The number of carbonyl (C=O) groups is 2. The Hall–Kier alpha value is -1.69. The van der Waals surface area contributed by atoms with Crippen LogP contribution in [0.15, 0.2) is 33.8 Å². The smallest absolute Gasteiger partial charge is 0.252 e. The van der Waals surface area contributed by atoms with Gasteiger partial charge in [0.05, 0.1) is 5.56 Å². The summed E-state index contributed by atoms with van der Waals surface area (Å²) < 4.78 is 0.725. The molecule has 0 saturated heterocycles. The fourth-order valence-electron chi connectivity index (χ4n) is 1.26.